The standard InChI is InChI=1S/C11H16N2O2S/c1-11(2,3)13-10(15)8-6-5-7(16-8)9(14)12-4/h5-6H,1-4H3,(H,12,14)(H,13,15). The SMILES string of the molecule is CNC(=O)c1ccc(C(=O)NC(C)(C)C)s1. The van der Waals surface area contributed by atoms with Gasteiger partial charge in [0, 0.05) is 12.6 Å². The van der Waals surface area contributed by atoms with Gasteiger partial charge in [-0.25, -0.2) is 0 Å². The molecule has 0 fully saturated rings. The van der Waals surface area contributed by atoms with Crippen LogP contribution in [0.25, 0.3) is 0 Å². The lowest BCUT2D eigenvalue weighted by Crippen LogP contribution is -2.40. The zero-order valence-electron chi connectivity index (χ0n) is 9.88. The van der Waals surface area contributed by atoms with Crippen molar-refractivity contribution in [2.45, 2.75) is 26.3 Å². The van der Waals surface area contributed by atoms with Gasteiger partial charge >= 0.3 is 0 Å². The van der Waals surface area contributed by atoms with Gasteiger partial charge in [-0.3, -0.25) is 9.59 Å². The third-order valence-electron chi connectivity index (χ3n) is 1.77. The van der Waals surface area contributed by atoms with E-state index in [0.717, 1.165) is 0 Å². The third-order valence-corrected chi connectivity index (χ3v) is 2.85. The number of rotatable bonds is 2. The molecule has 0 radical (unpaired) electrons. The highest BCUT2D eigenvalue weighted by Gasteiger charge is 2.17. The van der Waals surface area contributed by atoms with E-state index in [1.54, 1.807) is 19.2 Å². The molecule has 0 saturated heterocycles. The average Bonchev–Trinajstić information content (AvgIpc) is 2.62. The first-order valence-electron chi connectivity index (χ1n) is 4.98. The van der Waals surface area contributed by atoms with E-state index in [0.29, 0.717) is 9.75 Å². The molecule has 0 bridgehead atoms. The lowest BCUT2D eigenvalue weighted by molar-refractivity contribution is 0.0922. The van der Waals surface area contributed by atoms with Crippen LogP contribution in [0.3, 0.4) is 0 Å². The summed E-state index contributed by atoms with van der Waals surface area (Å²) in [6.45, 7) is 5.74. The summed E-state index contributed by atoms with van der Waals surface area (Å²) in [6.07, 6.45) is 0. The van der Waals surface area contributed by atoms with Crippen LogP contribution >= 0.6 is 11.3 Å². The van der Waals surface area contributed by atoms with Crippen molar-refractivity contribution in [1.82, 2.24) is 10.6 Å². The van der Waals surface area contributed by atoms with Crippen LogP contribution in [0.5, 0.6) is 0 Å². The van der Waals surface area contributed by atoms with Crippen LogP contribution in [0.4, 0.5) is 0 Å². The lowest BCUT2D eigenvalue weighted by atomic mass is 10.1. The first-order chi connectivity index (χ1) is 7.33. The van der Waals surface area contributed by atoms with Crippen molar-refractivity contribution in [1.29, 1.82) is 0 Å². The van der Waals surface area contributed by atoms with Crippen molar-refractivity contribution < 1.29 is 9.59 Å². The van der Waals surface area contributed by atoms with Gasteiger partial charge in [-0.2, -0.15) is 0 Å². The second-order valence-corrected chi connectivity index (χ2v) is 5.53. The van der Waals surface area contributed by atoms with E-state index < -0.39 is 0 Å². The molecule has 0 spiro atoms. The fraction of sp³-hybridized carbons (Fsp3) is 0.455. The van der Waals surface area contributed by atoms with E-state index in [1.807, 2.05) is 20.8 Å². The summed E-state index contributed by atoms with van der Waals surface area (Å²) >= 11 is 1.19. The van der Waals surface area contributed by atoms with E-state index in [-0.39, 0.29) is 17.4 Å². The van der Waals surface area contributed by atoms with Gasteiger partial charge in [0.15, 0.2) is 0 Å². The fourth-order valence-corrected chi connectivity index (χ4v) is 1.95. The second kappa shape index (κ2) is 4.65. The van der Waals surface area contributed by atoms with Crippen molar-refractivity contribution in [3.05, 3.63) is 21.9 Å². The summed E-state index contributed by atoms with van der Waals surface area (Å²) in [5.41, 5.74) is -0.270. The Hall–Kier alpha value is -1.36. The zero-order valence-corrected chi connectivity index (χ0v) is 10.7. The monoisotopic (exact) mass is 240 g/mol. The normalized spacial score (nSPS) is 11.0. The van der Waals surface area contributed by atoms with Gasteiger partial charge in [-0.1, -0.05) is 0 Å². The highest BCUT2D eigenvalue weighted by Crippen LogP contribution is 2.17. The Labute approximate surface area is 99.0 Å². The summed E-state index contributed by atoms with van der Waals surface area (Å²) < 4.78 is 0. The zero-order chi connectivity index (χ0) is 12.3. The summed E-state index contributed by atoms with van der Waals surface area (Å²) in [4.78, 5) is 24.1. The van der Waals surface area contributed by atoms with Gasteiger partial charge in [0.05, 0.1) is 9.75 Å². The molecule has 0 aliphatic heterocycles. The lowest BCUT2D eigenvalue weighted by Gasteiger charge is -2.19. The first kappa shape index (κ1) is 12.7. The van der Waals surface area contributed by atoms with Gasteiger partial charge in [0.1, 0.15) is 0 Å². The van der Waals surface area contributed by atoms with Gasteiger partial charge in [0.25, 0.3) is 11.8 Å². The molecule has 0 aliphatic carbocycles. The molecule has 0 aliphatic rings. The summed E-state index contributed by atoms with van der Waals surface area (Å²) in [7, 11) is 1.57. The first-order valence-corrected chi connectivity index (χ1v) is 5.79. The maximum Gasteiger partial charge on any atom is 0.261 e. The molecule has 88 valence electrons. The number of amides is 2. The molecule has 1 rings (SSSR count). The topological polar surface area (TPSA) is 58.2 Å². The van der Waals surface area contributed by atoms with Gasteiger partial charge in [-0.15, -0.1) is 11.3 Å². The number of carbonyl (C=O) groups is 2. The molecule has 2 amide bonds. The van der Waals surface area contributed by atoms with E-state index in [4.69, 9.17) is 0 Å². The maximum atomic E-state index is 11.8. The van der Waals surface area contributed by atoms with Crippen molar-refractivity contribution in [3.63, 3.8) is 0 Å². The molecule has 0 atom stereocenters. The average molecular weight is 240 g/mol. The van der Waals surface area contributed by atoms with E-state index in [2.05, 4.69) is 10.6 Å². The van der Waals surface area contributed by atoms with Crippen molar-refractivity contribution in [2.24, 2.45) is 0 Å². The van der Waals surface area contributed by atoms with Crippen LogP contribution in [0.2, 0.25) is 0 Å². The summed E-state index contributed by atoms with van der Waals surface area (Å²) in [5.74, 6) is -0.313. The largest absolute Gasteiger partial charge is 0.354 e. The van der Waals surface area contributed by atoms with Crippen LogP contribution < -0.4 is 10.6 Å². The molecular formula is C11H16N2O2S. The molecule has 16 heavy (non-hydrogen) atoms. The Bertz CT molecular complexity index is 404. The fourth-order valence-electron chi connectivity index (χ4n) is 1.11. The molecule has 1 heterocycles. The van der Waals surface area contributed by atoms with Gasteiger partial charge in [0.2, 0.25) is 0 Å². The minimum atomic E-state index is -0.270. The number of hydrogen-bond donors (Lipinski definition) is 2. The summed E-state index contributed by atoms with van der Waals surface area (Å²) in [6, 6.07) is 3.32. The molecule has 2 N–H and O–H groups in total. The molecule has 1 aromatic rings. The van der Waals surface area contributed by atoms with Crippen molar-refractivity contribution in [3.8, 4) is 0 Å². The molecule has 0 aromatic carbocycles. The van der Waals surface area contributed by atoms with Crippen LogP contribution in [-0.2, 0) is 0 Å². The minimum Gasteiger partial charge on any atom is -0.354 e. The predicted molar refractivity (Wildman–Crippen MR) is 64.9 cm³/mol. The smallest absolute Gasteiger partial charge is 0.261 e. The number of hydrogen-bond acceptors (Lipinski definition) is 3. The molecule has 0 saturated carbocycles. The quantitative estimate of drug-likeness (QED) is 0.825. The Balaban J connectivity index is 2.78. The molecule has 5 heteroatoms. The number of nitrogens with one attached hydrogen (secondary N) is 2. The Morgan fingerprint density at radius 1 is 1.12 bits per heavy atom. The highest BCUT2D eigenvalue weighted by molar-refractivity contribution is 7.15. The van der Waals surface area contributed by atoms with Crippen LogP contribution in [-0.4, -0.2) is 24.4 Å². The van der Waals surface area contributed by atoms with Crippen molar-refractivity contribution in [2.75, 3.05) is 7.05 Å². The third kappa shape index (κ3) is 3.34. The molecule has 1 aromatic heterocycles. The van der Waals surface area contributed by atoms with Gasteiger partial charge in [-0.05, 0) is 32.9 Å². The highest BCUT2D eigenvalue weighted by atomic mass is 32.1. The number of carbonyl (C=O) groups excluding carboxylic acids is 2. The Morgan fingerprint density at radius 3 is 2.06 bits per heavy atom. The molecular weight excluding hydrogens is 224 g/mol. The Morgan fingerprint density at radius 2 is 1.62 bits per heavy atom. The van der Waals surface area contributed by atoms with Crippen LogP contribution in [0.15, 0.2) is 12.1 Å². The van der Waals surface area contributed by atoms with Crippen LogP contribution in [0.1, 0.15) is 40.1 Å². The molecule has 0 unspecified atom stereocenters. The maximum absolute atomic E-state index is 11.8. The van der Waals surface area contributed by atoms with E-state index in [9.17, 15) is 9.59 Å². The van der Waals surface area contributed by atoms with Crippen molar-refractivity contribution >= 4 is 23.2 Å². The molecule has 4 nitrogen and oxygen atoms in total. The minimum absolute atomic E-state index is 0.146. The predicted octanol–water partition coefficient (Wildman–Crippen LogP) is 1.64. The second-order valence-electron chi connectivity index (χ2n) is 4.45. The van der Waals surface area contributed by atoms with E-state index in [1.165, 1.54) is 11.3 Å². The van der Waals surface area contributed by atoms with Gasteiger partial charge < -0.3 is 10.6 Å². The Kier molecular flexibility index (Phi) is 3.70. The summed E-state index contributed by atoms with van der Waals surface area (Å²) in [5, 5.41) is 5.37. The van der Waals surface area contributed by atoms with E-state index >= 15 is 0 Å². The number of thiophene rings is 1. The van der Waals surface area contributed by atoms with Crippen LogP contribution in [0, 0.1) is 0 Å².